The Morgan fingerprint density at radius 3 is 2.56 bits per heavy atom. The van der Waals surface area contributed by atoms with Crippen molar-refractivity contribution < 1.29 is 13.6 Å². The topological polar surface area (TPSA) is 66.2 Å². The molecule has 0 fully saturated rings. The SMILES string of the molecule is CCOP(=O)(Cn1nnc2c1CCCC2)OCC. The second-order valence-corrected chi connectivity index (χ2v) is 6.30. The van der Waals surface area contributed by atoms with Gasteiger partial charge in [0.25, 0.3) is 0 Å². The third-order valence-corrected chi connectivity index (χ3v) is 4.87. The van der Waals surface area contributed by atoms with E-state index in [1.165, 1.54) is 0 Å². The fraction of sp³-hybridized carbons (Fsp3) is 0.818. The van der Waals surface area contributed by atoms with Crippen LogP contribution in [0.2, 0.25) is 0 Å². The van der Waals surface area contributed by atoms with Gasteiger partial charge in [0.15, 0.2) is 0 Å². The highest BCUT2D eigenvalue weighted by molar-refractivity contribution is 7.52. The van der Waals surface area contributed by atoms with Gasteiger partial charge in [-0.2, -0.15) is 0 Å². The van der Waals surface area contributed by atoms with E-state index in [0.29, 0.717) is 13.2 Å². The quantitative estimate of drug-likeness (QED) is 0.744. The standard InChI is InChI=1S/C11H20N3O3P/c1-3-16-18(15,17-4-2)9-14-11-8-6-5-7-10(11)12-13-14/h3-9H2,1-2H3. The van der Waals surface area contributed by atoms with Gasteiger partial charge in [0, 0.05) is 0 Å². The average molecular weight is 273 g/mol. The molecule has 0 N–H and O–H groups in total. The van der Waals surface area contributed by atoms with Gasteiger partial charge >= 0.3 is 7.60 Å². The fourth-order valence-electron chi connectivity index (χ4n) is 2.21. The Labute approximate surface area is 107 Å². The number of aryl methyl sites for hydroxylation is 1. The van der Waals surface area contributed by atoms with Gasteiger partial charge in [-0.05, 0) is 39.5 Å². The Morgan fingerprint density at radius 2 is 1.89 bits per heavy atom. The summed E-state index contributed by atoms with van der Waals surface area (Å²) < 4.78 is 24.7. The van der Waals surface area contributed by atoms with Crippen molar-refractivity contribution in [2.75, 3.05) is 13.2 Å². The molecule has 0 amide bonds. The number of aromatic nitrogens is 3. The molecule has 2 rings (SSSR count). The van der Waals surface area contributed by atoms with Crippen molar-refractivity contribution in [2.45, 2.75) is 45.8 Å². The first kappa shape index (κ1) is 13.7. The van der Waals surface area contributed by atoms with Crippen LogP contribution in [0.1, 0.15) is 38.1 Å². The molecule has 1 aliphatic rings. The molecule has 0 aliphatic heterocycles. The van der Waals surface area contributed by atoms with E-state index in [4.69, 9.17) is 9.05 Å². The van der Waals surface area contributed by atoms with E-state index in [0.717, 1.165) is 37.1 Å². The van der Waals surface area contributed by atoms with Crippen LogP contribution in [0.15, 0.2) is 0 Å². The van der Waals surface area contributed by atoms with Gasteiger partial charge in [0.1, 0.15) is 6.29 Å². The summed E-state index contributed by atoms with van der Waals surface area (Å²) in [7, 11) is -3.09. The van der Waals surface area contributed by atoms with Crippen LogP contribution >= 0.6 is 7.60 Å². The summed E-state index contributed by atoms with van der Waals surface area (Å²) >= 11 is 0. The predicted molar refractivity (Wildman–Crippen MR) is 67.5 cm³/mol. The molecule has 0 atom stereocenters. The molecule has 1 aliphatic carbocycles. The summed E-state index contributed by atoms with van der Waals surface area (Å²) in [6.45, 7) is 4.35. The Hall–Kier alpha value is -0.710. The zero-order chi connectivity index (χ0) is 13.0. The maximum Gasteiger partial charge on any atom is 0.352 e. The van der Waals surface area contributed by atoms with E-state index in [1.54, 1.807) is 4.68 Å². The van der Waals surface area contributed by atoms with Crippen LogP contribution in [0, 0.1) is 0 Å². The number of rotatable bonds is 6. The second kappa shape index (κ2) is 5.95. The van der Waals surface area contributed by atoms with Crippen LogP contribution in [-0.4, -0.2) is 28.2 Å². The Morgan fingerprint density at radius 1 is 1.22 bits per heavy atom. The second-order valence-electron chi connectivity index (χ2n) is 4.28. The molecule has 0 aromatic carbocycles. The molecule has 102 valence electrons. The number of hydrogen-bond donors (Lipinski definition) is 0. The molecule has 7 heteroatoms. The lowest BCUT2D eigenvalue weighted by Gasteiger charge is -2.18. The van der Waals surface area contributed by atoms with E-state index >= 15 is 0 Å². The van der Waals surface area contributed by atoms with Crippen LogP contribution in [-0.2, 0) is 32.7 Å². The van der Waals surface area contributed by atoms with Crippen LogP contribution in [0.25, 0.3) is 0 Å². The first-order valence-electron chi connectivity index (χ1n) is 6.48. The molecule has 0 saturated heterocycles. The predicted octanol–water partition coefficient (Wildman–Crippen LogP) is 2.38. The highest BCUT2D eigenvalue weighted by Crippen LogP contribution is 2.49. The minimum absolute atomic E-state index is 0.164. The molecular formula is C11H20N3O3P. The van der Waals surface area contributed by atoms with Crippen LogP contribution < -0.4 is 0 Å². The van der Waals surface area contributed by atoms with Crippen molar-refractivity contribution in [1.82, 2.24) is 15.0 Å². The first-order chi connectivity index (χ1) is 8.68. The molecule has 1 heterocycles. The van der Waals surface area contributed by atoms with Crippen molar-refractivity contribution in [1.29, 1.82) is 0 Å². The first-order valence-corrected chi connectivity index (χ1v) is 8.20. The molecule has 0 saturated carbocycles. The normalized spacial score (nSPS) is 15.7. The van der Waals surface area contributed by atoms with Crippen LogP contribution in [0.3, 0.4) is 0 Å². The highest BCUT2D eigenvalue weighted by Gasteiger charge is 2.28. The molecule has 0 spiro atoms. The van der Waals surface area contributed by atoms with Crippen molar-refractivity contribution in [2.24, 2.45) is 0 Å². The molecule has 0 unspecified atom stereocenters. The fourth-order valence-corrected chi connectivity index (χ4v) is 3.79. The molecule has 1 aromatic heterocycles. The third-order valence-electron chi connectivity index (χ3n) is 2.95. The van der Waals surface area contributed by atoms with Gasteiger partial charge in [0.05, 0.1) is 24.6 Å². The molecule has 6 nitrogen and oxygen atoms in total. The lowest BCUT2D eigenvalue weighted by atomic mass is 10.0. The summed E-state index contributed by atoms with van der Waals surface area (Å²) in [5, 5.41) is 8.22. The van der Waals surface area contributed by atoms with E-state index in [1.807, 2.05) is 13.8 Å². The van der Waals surface area contributed by atoms with Gasteiger partial charge in [-0.3, -0.25) is 4.57 Å². The van der Waals surface area contributed by atoms with Gasteiger partial charge in [0.2, 0.25) is 0 Å². The van der Waals surface area contributed by atoms with E-state index in [2.05, 4.69) is 10.3 Å². The van der Waals surface area contributed by atoms with Crippen LogP contribution in [0.5, 0.6) is 0 Å². The van der Waals surface area contributed by atoms with Crippen LogP contribution in [0.4, 0.5) is 0 Å². The minimum atomic E-state index is -3.09. The maximum absolute atomic E-state index is 12.4. The monoisotopic (exact) mass is 273 g/mol. The summed E-state index contributed by atoms with van der Waals surface area (Å²) in [5.41, 5.74) is 2.11. The molecule has 1 aromatic rings. The highest BCUT2D eigenvalue weighted by atomic mass is 31.2. The molecule has 0 bridgehead atoms. The summed E-state index contributed by atoms with van der Waals surface area (Å²) in [6.07, 6.45) is 4.36. The number of fused-ring (bicyclic) bond motifs is 1. The molecular weight excluding hydrogens is 253 g/mol. The van der Waals surface area contributed by atoms with Crippen molar-refractivity contribution in [3.05, 3.63) is 11.4 Å². The lowest BCUT2D eigenvalue weighted by molar-refractivity contribution is 0.212. The van der Waals surface area contributed by atoms with Crippen molar-refractivity contribution in [3.8, 4) is 0 Å². The average Bonchev–Trinajstić information content (AvgIpc) is 2.73. The number of hydrogen-bond acceptors (Lipinski definition) is 5. The number of nitrogens with zero attached hydrogens (tertiary/aromatic N) is 3. The Kier molecular flexibility index (Phi) is 4.54. The zero-order valence-electron chi connectivity index (χ0n) is 11.0. The van der Waals surface area contributed by atoms with Gasteiger partial charge in [-0.15, -0.1) is 5.10 Å². The van der Waals surface area contributed by atoms with Gasteiger partial charge in [-0.25, -0.2) is 4.68 Å². The summed E-state index contributed by atoms with van der Waals surface area (Å²) in [5.74, 6) is 0. The van der Waals surface area contributed by atoms with E-state index < -0.39 is 7.60 Å². The van der Waals surface area contributed by atoms with Gasteiger partial charge < -0.3 is 9.05 Å². The summed E-state index contributed by atoms with van der Waals surface area (Å²) in [6, 6.07) is 0. The molecule has 0 radical (unpaired) electrons. The minimum Gasteiger partial charge on any atom is -0.308 e. The van der Waals surface area contributed by atoms with Gasteiger partial charge in [-0.1, -0.05) is 5.21 Å². The largest absolute Gasteiger partial charge is 0.352 e. The zero-order valence-corrected chi connectivity index (χ0v) is 11.9. The van der Waals surface area contributed by atoms with Crippen molar-refractivity contribution >= 4 is 7.60 Å². The maximum atomic E-state index is 12.4. The van der Waals surface area contributed by atoms with E-state index in [9.17, 15) is 4.57 Å². The smallest absolute Gasteiger partial charge is 0.308 e. The third kappa shape index (κ3) is 2.99. The molecule has 18 heavy (non-hydrogen) atoms. The Balaban J connectivity index is 2.16. The summed E-state index contributed by atoms with van der Waals surface area (Å²) in [4.78, 5) is 0. The van der Waals surface area contributed by atoms with Crippen molar-refractivity contribution in [3.63, 3.8) is 0 Å². The Bertz CT molecular complexity index is 437. The van der Waals surface area contributed by atoms with E-state index in [-0.39, 0.29) is 6.29 Å². The lowest BCUT2D eigenvalue weighted by Crippen LogP contribution is -2.12.